The van der Waals surface area contributed by atoms with E-state index in [4.69, 9.17) is 15.2 Å². The molecule has 0 aliphatic rings. The van der Waals surface area contributed by atoms with Crippen molar-refractivity contribution in [3.63, 3.8) is 0 Å². The first-order chi connectivity index (χ1) is 12.2. The second-order valence-corrected chi connectivity index (χ2v) is 5.65. The molecule has 134 valence electrons. The molecule has 0 spiro atoms. The minimum atomic E-state index is 0.416. The van der Waals surface area contributed by atoms with Crippen LogP contribution in [0, 0.1) is 6.92 Å². The van der Waals surface area contributed by atoms with Crippen molar-refractivity contribution in [1.29, 1.82) is 0 Å². The fraction of sp³-hybridized carbons (Fsp3) is 0.368. The van der Waals surface area contributed by atoms with Crippen molar-refractivity contribution in [2.24, 2.45) is 10.7 Å². The van der Waals surface area contributed by atoms with Crippen LogP contribution >= 0.6 is 0 Å². The van der Waals surface area contributed by atoms with Gasteiger partial charge in [0, 0.05) is 37.5 Å². The fourth-order valence-electron chi connectivity index (χ4n) is 2.25. The van der Waals surface area contributed by atoms with Crippen molar-refractivity contribution in [2.45, 2.75) is 19.9 Å². The second kappa shape index (κ2) is 10.3. The molecule has 3 N–H and O–H groups in total. The van der Waals surface area contributed by atoms with E-state index in [1.807, 2.05) is 43.3 Å². The maximum atomic E-state index is 5.94. The summed E-state index contributed by atoms with van der Waals surface area (Å²) >= 11 is 0. The molecule has 0 bridgehead atoms. The number of nitrogens with zero attached hydrogens (tertiary/aromatic N) is 2. The third kappa shape index (κ3) is 6.81. The molecule has 0 unspecified atom stereocenters. The molecule has 1 aromatic heterocycles. The molecule has 25 heavy (non-hydrogen) atoms. The van der Waals surface area contributed by atoms with E-state index >= 15 is 0 Å². The number of hydrogen-bond acceptors (Lipinski definition) is 4. The molecule has 1 heterocycles. The molecule has 0 radical (unpaired) electrons. The van der Waals surface area contributed by atoms with Crippen LogP contribution in [0.4, 0.5) is 0 Å². The van der Waals surface area contributed by atoms with Gasteiger partial charge in [0.25, 0.3) is 0 Å². The van der Waals surface area contributed by atoms with Crippen LogP contribution in [0.5, 0.6) is 5.75 Å². The molecule has 2 aromatic rings. The lowest BCUT2D eigenvalue weighted by molar-refractivity contribution is 0.146. The van der Waals surface area contributed by atoms with Gasteiger partial charge in [-0.2, -0.15) is 0 Å². The van der Waals surface area contributed by atoms with Crippen molar-refractivity contribution in [3.05, 3.63) is 59.4 Å². The van der Waals surface area contributed by atoms with E-state index in [0.29, 0.717) is 32.3 Å². The predicted octanol–water partition coefficient (Wildman–Crippen LogP) is 2.06. The van der Waals surface area contributed by atoms with Crippen LogP contribution in [0.1, 0.15) is 16.8 Å². The van der Waals surface area contributed by atoms with Gasteiger partial charge in [-0.05, 0) is 30.7 Å². The van der Waals surface area contributed by atoms with E-state index in [2.05, 4.69) is 15.3 Å². The lowest BCUT2D eigenvalue weighted by atomic mass is 10.1. The predicted molar refractivity (Wildman–Crippen MR) is 99.8 cm³/mol. The Morgan fingerprint density at radius 3 is 2.88 bits per heavy atom. The summed E-state index contributed by atoms with van der Waals surface area (Å²) in [4.78, 5) is 8.67. The van der Waals surface area contributed by atoms with Crippen LogP contribution < -0.4 is 15.8 Å². The van der Waals surface area contributed by atoms with Gasteiger partial charge in [0.2, 0.25) is 0 Å². The van der Waals surface area contributed by atoms with Gasteiger partial charge in [0.15, 0.2) is 5.96 Å². The molecule has 0 fully saturated rings. The van der Waals surface area contributed by atoms with Crippen LogP contribution in [0.25, 0.3) is 0 Å². The van der Waals surface area contributed by atoms with Crippen molar-refractivity contribution in [2.75, 3.05) is 26.9 Å². The molecule has 1 aromatic carbocycles. The maximum absolute atomic E-state index is 5.94. The summed E-state index contributed by atoms with van der Waals surface area (Å²) in [7, 11) is 1.65. The quantitative estimate of drug-likeness (QED) is 0.414. The number of aromatic nitrogens is 1. The number of guanidine groups is 1. The molecule has 0 amide bonds. The Morgan fingerprint density at radius 1 is 1.24 bits per heavy atom. The first-order valence-electron chi connectivity index (χ1n) is 8.34. The maximum Gasteiger partial charge on any atom is 0.188 e. The number of methoxy groups -OCH3 is 1. The van der Waals surface area contributed by atoms with E-state index in [9.17, 15) is 0 Å². The minimum Gasteiger partial charge on any atom is -0.491 e. The number of pyridine rings is 1. The number of aryl methyl sites for hydroxylation is 1. The van der Waals surface area contributed by atoms with Gasteiger partial charge in [-0.25, -0.2) is 4.99 Å². The highest BCUT2D eigenvalue weighted by Gasteiger charge is 2.04. The van der Waals surface area contributed by atoms with Crippen molar-refractivity contribution >= 4 is 5.96 Å². The van der Waals surface area contributed by atoms with Crippen molar-refractivity contribution in [1.82, 2.24) is 10.3 Å². The molecule has 0 aliphatic carbocycles. The Morgan fingerprint density at radius 2 is 2.12 bits per heavy atom. The topological polar surface area (TPSA) is 81.8 Å². The Balaban J connectivity index is 1.86. The van der Waals surface area contributed by atoms with Crippen molar-refractivity contribution in [3.8, 4) is 5.75 Å². The van der Waals surface area contributed by atoms with Gasteiger partial charge >= 0.3 is 0 Å². The Kier molecular flexibility index (Phi) is 7.72. The summed E-state index contributed by atoms with van der Waals surface area (Å²) in [6.07, 6.45) is 2.59. The number of aliphatic imine (C=N–C) groups is 1. The lowest BCUT2D eigenvalue weighted by Gasteiger charge is -2.11. The normalized spacial score (nSPS) is 11.4. The van der Waals surface area contributed by atoms with Gasteiger partial charge in [-0.1, -0.05) is 18.2 Å². The molecular weight excluding hydrogens is 316 g/mol. The van der Waals surface area contributed by atoms with Gasteiger partial charge in [-0.15, -0.1) is 0 Å². The van der Waals surface area contributed by atoms with E-state index in [1.54, 1.807) is 13.3 Å². The van der Waals surface area contributed by atoms with Crippen LogP contribution in [-0.2, 0) is 17.7 Å². The SMILES string of the molecule is COCCOc1cc(C)ccc1CN=C(N)NCCc1ccccn1. The number of hydrogen-bond donors (Lipinski definition) is 2. The molecule has 0 aliphatic heterocycles. The average Bonchev–Trinajstić information content (AvgIpc) is 2.62. The number of nitrogens with two attached hydrogens (primary N) is 1. The van der Waals surface area contributed by atoms with Gasteiger partial charge in [0.05, 0.1) is 13.2 Å². The zero-order chi connectivity index (χ0) is 17.9. The first kappa shape index (κ1) is 18.7. The largest absolute Gasteiger partial charge is 0.491 e. The van der Waals surface area contributed by atoms with Gasteiger partial charge in [-0.3, -0.25) is 4.98 Å². The van der Waals surface area contributed by atoms with E-state index in [-0.39, 0.29) is 0 Å². The van der Waals surface area contributed by atoms with Gasteiger partial charge in [0.1, 0.15) is 12.4 Å². The third-order valence-corrected chi connectivity index (χ3v) is 3.60. The zero-order valence-electron chi connectivity index (χ0n) is 14.9. The molecule has 0 saturated heterocycles. The fourth-order valence-corrected chi connectivity index (χ4v) is 2.25. The standard InChI is InChI=1S/C19H26N4O2/c1-15-6-7-16(18(13-15)25-12-11-24-2)14-23-19(20)22-10-8-17-5-3-4-9-21-17/h3-7,9,13H,8,10-12,14H2,1-2H3,(H3,20,22,23). The summed E-state index contributed by atoms with van der Waals surface area (Å²) in [6.45, 7) is 4.24. The van der Waals surface area contributed by atoms with Crippen LogP contribution in [0.2, 0.25) is 0 Å². The monoisotopic (exact) mass is 342 g/mol. The highest BCUT2D eigenvalue weighted by Crippen LogP contribution is 2.21. The number of ether oxygens (including phenoxy) is 2. The lowest BCUT2D eigenvalue weighted by Crippen LogP contribution is -2.33. The minimum absolute atomic E-state index is 0.416. The molecule has 2 rings (SSSR count). The van der Waals surface area contributed by atoms with Gasteiger partial charge < -0.3 is 20.5 Å². The van der Waals surface area contributed by atoms with E-state index < -0.39 is 0 Å². The van der Waals surface area contributed by atoms with E-state index in [1.165, 1.54) is 0 Å². The Bertz CT molecular complexity index is 674. The first-order valence-corrected chi connectivity index (χ1v) is 8.34. The van der Waals surface area contributed by atoms with Crippen LogP contribution in [0.3, 0.4) is 0 Å². The number of nitrogens with one attached hydrogen (secondary N) is 1. The molecule has 6 nitrogen and oxygen atoms in total. The highest BCUT2D eigenvalue weighted by molar-refractivity contribution is 5.77. The molecule has 0 saturated carbocycles. The highest BCUT2D eigenvalue weighted by atomic mass is 16.5. The Hall–Kier alpha value is -2.60. The van der Waals surface area contributed by atoms with Crippen LogP contribution in [0.15, 0.2) is 47.6 Å². The Labute approximate surface area is 149 Å². The molecular formula is C19H26N4O2. The number of benzene rings is 1. The second-order valence-electron chi connectivity index (χ2n) is 5.65. The van der Waals surface area contributed by atoms with Crippen LogP contribution in [-0.4, -0.2) is 37.8 Å². The number of rotatable bonds is 9. The zero-order valence-corrected chi connectivity index (χ0v) is 14.9. The smallest absolute Gasteiger partial charge is 0.188 e. The summed E-state index contributed by atoms with van der Waals surface area (Å²) in [6, 6.07) is 11.9. The summed E-state index contributed by atoms with van der Waals surface area (Å²) in [5, 5.41) is 3.11. The molecule has 6 heteroatoms. The average molecular weight is 342 g/mol. The summed E-state index contributed by atoms with van der Waals surface area (Å²) in [5.74, 6) is 1.24. The summed E-state index contributed by atoms with van der Waals surface area (Å²) in [5.41, 5.74) is 9.11. The summed E-state index contributed by atoms with van der Waals surface area (Å²) < 4.78 is 10.8. The van der Waals surface area contributed by atoms with Crippen molar-refractivity contribution < 1.29 is 9.47 Å². The molecule has 0 atom stereocenters. The third-order valence-electron chi connectivity index (χ3n) is 3.60. The van der Waals surface area contributed by atoms with E-state index in [0.717, 1.165) is 29.0 Å².